The molecule has 2 atom stereocenters. The van der Waals surface area contributed by atoms with Gasteiger partial charge in [-0.2, -0.15) is 0 Å². The number of hydrogen-bond acceptors (Lipinski definition) is 3. The molecular weight excluding hydrogens is 206 g/mol. The van der Waals surface area contributed by atoms with Crippen molar-refractivity contribution >= 4 is 5.97 Å². The van der Waals surface area contributed by atoms with Crippen LogP contribution in [0.3, 0.4) is 0 Å². The van der Waals surface area contributed by atoms with Crippen LogP contribution < -0.4 is 5.32 Å². The Morgan fingerprint density at radius 3 is 2.81 bits per heavy atom. The molecule has 2 N–H and O–H groups in total. The van der Waals surface area contributed by atoms with Gasteiger partial charge in [-0.05, 0) is 31.1 Å². The number of nitrogens with one attached hydrogen (secondary N) is 1. The van der Waals surface area contributed by atoms with Crippen molar-refractivity contribution in [1.29, 1.82) is 0 Å². The van der Waals surface area contributed by atoms with E-state index in [2.05, 4.69) is 5.32 Å². The molecule has 1 saturated heterocycles. The van der Waals surface area contributed by atoms with E-state index in [9.17, 15) is 4.79 Å². The van der Waals surface area contributed by atoms with E-state index < -0.39 is 12.0 Å². The zero-order chi connectivity index (χ0) is 12.0. The van der Waals surface area contributed by atoms with Crippen molar-refractivity contribution in [2.45, 2.75) is 39.2 Å². The Bertz CT molecular complexity index is 212. The van der Waals surface area contributed by atoms with Crippen LogP contribution in [0.25, 0.3) is 0 Å². The largest absolute Gasteiger partial charge is 0.480 e. The normalized spacial score (nSPS) is 23.3. The lowest BCUT2D eigenvalue weighted by molar-refractivity contribution is -0.140. The average molecular weight is 229 g/mol. The van der Waals surface area contributed by atoms with Gasteiger partial charge in [-0.3, -0.25) is 4.79 Å². The van der Waals surface area contributed by atoms with Gasteiger partial charge in [0.25, 0.3) is 0 Å². The van der Waals surface area contributed by atoms with Crippen LogP contribution in [0.1, 0.15) is 33.1 Å². The molecular formula is C12H23NO3. The molecule has 0 aliphatic carbocycles. The Morgan fingerprint density at radius 1 is 1.56 bits per heavy atom. The lowest BCUT2D eigenvalue weighted by Gasteiger charge is -2.24. The number of hydrogen-bond donors (Lipinski definition) is 2. The highest BCUT2D eigenvalue weighted by molar-refractivity contribution is 5.73. The van der Waals surface area contributed by atoms with Crippen LogP contribution in [-0.4, -0.2) is 36.9 Å². The zero-order valence-corrected chi connectivity index (χ0v) is 10.2. The van der Waals surface area contributed by atoms with Gasteiger partial charge in [0, 0.05) is 13.2 Å². The number of ether oxygens (including phenoxy) is 1. The highest BCUT2D eigenvalue weighted by atomic mass is 16.5. The molecule has 4 nitrogen and oxygen atoms in total. The molecule has 94 valence electrons. The Morgan fingerprint density at radius 2 is 2.31 bits per heavy atom. The second-order valence-corrected chi connectivity index (χ2v) is 5.01. The SMILES string of the molecule is CC(C)CC(NCC1CCCOC1)C(=O)O. The molecule has 0 bridgehead atoms. The first-order valence-corrected chi connectivity index (χ1v) is 6.13. The van der Waals surface area contributed by atoms with E-state index in [1.165, 1.54) is 0 Å². The summed E-state index contributed by atoms with van der Waals surface area (Å²) in [7, 11) is 0. The van der Waals surface area contributed by atoms with Gasteiger partial charge in [0.2, 0.25) is 0 Å². The van der Waals surface area contributed by atoms with Crippen molar-refractivity contribution < 1.29 is 14.6 Å². The van der Waals surface area contributed by atoms with Crippen molar-refractivity contribution in [2.75, 3.05) is 19.8 Å². The van der Waals surface area contributed by atoms with Gasteiger partial charge in [0.1, 0.15) is 6.04 Å². The fourth-order valence-corrected chi connectivity index (χ4v) is 2.02. The summed E-state index contributed by atoms with van der Waals surface area (Å²) in [6.07, 6.45) is 2.91. The summed E-state index contributed by atoms with van der Waals surface area (Å²) >= 11 is 0. The average Bonchev–Trinajstić information content (AvgIpc) is 2.25. The van der Waals surface area contributed by atoms with E-state index >= 15 is 0 Å². The minimum atomic E-state index is -0.745. The van der Waals surface area contributed by atoms with Crippen LogP contribution in [0, 0.1) is 11.8 Å². The highest BCUT2D eigenvalue weighted by Crippen LogP contribution is 2.13. The maximum Gasteiger partial charge on any atom is 0.320 e. The molecule has 1 rings (SSSR count). The van der Waals surface area contributed by atoms with Gasteiger partial charge in [0.15, 0.2) is 0 Å². The number of rotatable bonds is 6. The standard InChI is InChI=1S/C12H23NO3/c1-9(2)6-11(12(14)15)13-7-10-4-3-5-16-8-10/h9-11,13H,3-8H2,1-2H3,(H,14,15). The molecule has 16 heavy (non-hydrogen) atoms. The first-order valence-electron chi connectivity index (χ1n) is 6.13. The van der Waals surface area contributed by atoms with Gasteiger partial charge in [-0.1, -0.05) is 13.8 Å². The smallest absolute Gasteiger partial charge is 0.320 e. The Hall–Kier alpha value is -0.610. The Labute approximate surface area is 97.4 Å². The van der Waals surface area contributed by atoms with Crippen LogP contribution in [0.4, 0.5) is 0 Å². The van der Waals surface area contributed by atoms with Crippen LogP contribution in [0.2, 0.25) is 0 Å². The second kappa shape index (κ2) is 6.86. The molecule has 2 unspecified atom stereocenters. The highest BCUT2D eigenvalue weighted by Gasteiger charge is 2.21. The third-order valence-corrected chi connectivity index (χ3v) is 2.91. The van der Waals surface area contributed by atoms with Gasteiger partial charge in [-0.15, -0.1) is 0 Å². The quantitative estimate of drug-likeness (QED) is 0.724. The van der Waals surface area contributed by atoms with E-state index in [0.29, 0.717) is 18.3 Å². The summed E-state index contributed by atoms with van der Waals surface area (Å²) in [5.41, 5.74) is 0. The predicted octanol–water partition coefficient (Wildman–Crippen LogP) is 1.50. The molecule has 0 aromatic carbocycles. The van der Waals surface area contributed by atoms with Crippen LogP contribution in [0.15, 0.2) is 0 Å². The third kappa shape index (κ3) is 4.94. The van der Waals surface area contributed by atoms with Gasteiger partial charge < -0.3 is 15.2 Å². The molecule has 0 spiro atoms. The van der Waals surface area contributed by atoms with Gasteiger partial charge in [-0.25, -0.2) is 0 Å². The molecule has 0 aromatic heterocycles. The monoisotopic (exact) mass is 229 g/mol. The topological polar surface area (TPSA) is 58.6 Å². The maximum absolute atomic E-state index is 11.0. The Kier molecular flexibility index (Phi) is 5.77. The second-order valence-electron chi connectivity index (χ2n) is 5.01. The summed E-state index contributed by atoms with van der Waals surface area (Å²) in [4.78, 5) is 11.0. The predicted molar refractivity (Wildman–Crippen MR) is 62.4 cm³/mol. The van der Waals surface area contributed by atoms with Gasteiger partial charge >= 0.3 is 5.97 Å². The molecule has 0 amide bonds. The van der Waals surface area contributed by atoms with Gasteiger partial charge in [0.05, 0.1) is 6.61 Å². The number of carbonyl (C=O) groups is 1. The van der Waals surface area contributed by atoms with Crippen molar-refractivity contribution in [3.05, 3.63) is 0 Å². The minimum absolute atomic E-state index is 0.399. The van der Waals surface area contributed by atoms with Crippen LogP contribution >= 0.6 is 0 Å². The first-order chi connectivity index (χ1) is 7.59. The third-order valence-electron chi connectivity index (χ3n) is 2.91. The molecule has 1 aliphatic rings. The molecule has 1 fully saturated rings. The molecule has 0 saturated carbocycles. The lowest BCUT2D eigenvalue weighted by Crippen LogP contribution is -2.41. The molecule has 0 radical (unpaired) electrons. The summed E-state index contributed by atoms with van der Waals surface area (Å²) in [6, 6.07) is -0.415. The number of carboxylic acid groups (broad SMARTS) is 1. The summed E-state index contributed by atoms with van der Waals surface area (Å²) in [5.74, 6) is 0.129. The zero-order valence-electron chi connectivity index (χ0n) is 10.2. The van der Waals surface area contributed by atoms with E-state index in [0.717, 1.165) is 32.6 Å². The first kappa shape index (κ1) is 13.5. The molecule has 1 aliphatic heterocycles. The van der Waals surface area contributed by atoms with Crippen LogP contribution in [0.5, 0.6) is 0 Å². The van der Waals surface area contributed by atoms with Crippen molar-refractivity contribution in [1.82, 2.24) is 5.32 Å². The molecule has 4 heteroatoms. The van der Waals surface area contributed by atoms with Crippen molar-refractivity contribution in [3.8, 4) is 0 Å². The van der Waals surface area contributed by atoms with Crippen molar-refractivity contribution in [3.63, 3.8) is 0 Å². The molecule has 0 aromatic rings. The fraction of sp³-hybridized carbons (Fsp3) is 0.917. The Balaban J connectivity index is 2.28. The summed E-state index contributed by atoms with van der Waals surface area (Å²) in [5, 5.41) is 12.2. The number of carboxylic acids is 1. The maximum atomic E-state index is 11.0. The fourth-order valence-electron chi connectivity index (χ4n) is 2.02. The van der Waals surface area contributed by atoms with E-state index in [4.69, 9.17) is 9.84 Å². The minimum Gasteiger partial charge on any atom is -0.480 e. The summed E-state index contributed by atoms with van der Waals surface area (Å²) < 4.78 is 5.37. The van der Waals surface area contributed by atoms with Crippen LogP contribution in [-0.2, 0) is 9.53 Å². The van der Waals surface area contributed by atoms with E-state index in [1.54, 1.807) is 0 Å². The summed E-state index contributed by atoms with van der Waals surface area (Å²) in [6.45, 7) is 6.46. The van der Waals surface area contributed by atoms with E-state index in [1.807, 2.05) is 13.8 Å². The lowest BCUT2D eigenvalue weighted by atomic mass is 10.00. The van der Waals surface area contributed by atoms with Crippen molar-refractivity contribution in [2.24, 2.45) is 11.8 Å². The van der Waals surface area contributed by atoms with E-state index in [-0.39, 0.29) is 0 Å². The number of aliphatic carboxylic acids is 1. The molecule has 1 heterocycles.